The van der Waals surface area contributed by atoms with E-state index in [1.54, 1.807) is 18.2 Å². The smallest absolute Gasteiger partial charge is 0.335 e. The first-order chi connectivity index (χ1) is 10.1. The van der Waals surface area contributed by atoms with Crippen LogP contribution < -0.4 is 5.32 Å². The number of carboxylic acids is 1. The van der Waals surface area contributed by atoms with Gasteiger partial charge in [0.15, 0.2) is 0 Å². The first kappa shape index (κ1) is 14.0. The molecular weight excluding hydrogens is 286 g/mol. The predicted molar refractivity (Wildman–Crippen MR) is 84.2 cm³/mol. The van der Waals surface area contributed by atoms with Gasteiger partial charge in [-0.3, -0.25) is 0 Å². The highest BCUT2D eigenvalue weighted by atomic mass is 35.5. The molecule has 2 aromatic carbocycles. The van der Waals surface area contributed by atoms with E-state index in [1.165, 1.54) is 5.56 Å². The zero-order valence-corrected chi connectivity index (χ0v) is 12.2. The van der Waals surface area contributed by atoms with Crippen LogP contribution in [-0.4, -0.2) is 17.1 Å². The Labute approximate surface area is 128 Å². The lowest BCUT2D eigenvalue weighted by Crippen LogP contribution is -2.34. The summed E-state index contributed by atoms with van der Waals surface area (Å²) in [5, 5.41) is 13.2. The number of halogens is 1. The van der Waals surface area contributed by atoms with Crippen LogP contribution >= 0.6 is 11.6 Å². The summed E-state index contributed by atoms with van der Waals surface area (Å²) in [5.41, 5.74) is 2.45. The Bertz CT molecular complexity index is 665. The molecule has 0 spiro atoms. The van der Waals surface area contributed by atoms with E-state index in [2.05, 4.69) is 11.4 Å². The molecule has 108 valence electrons. The van der Waals surface area contributed by atoms with Crippen LogP contribution in [0.25, 0.3) is 0 Å². The Balaban J connectivity index is 1.60. The molecule has 0 amide bonds. The normalized spacial score (nSPS) is 20.6. The zero-order chi connectivity index (χ0) is 14.8. The maximum atomic E-state index is 11.0. The highest BCUT2D eigenvalue weighted by molar-refractivity contribution is 6.30. The fourth-order valence-electron chi connectivity index (χ4n) is 2.75. The number of carboxylic acid groups (broad SMARTS) is 1. The van der Waals surface area contributed by atoms with Gasteiger partial charge in [0.05, 0.1) is 5.56 Å². The minimum Gasteiger partial charge on any atom is -0.478 e. The van der Waals surface area contributed by atoms with Gasteiger partial charge in [-0.25, -0.2) is 4.79 Å². The number of aromatic carboxylic acids is 1. The summed E-state index contributed by atoms with van der Waals surface area (Å²) >= 11 is 6.01. The average molecular weight is 302 g/mol. The Hall–Kier alpha value is -2.00. The summed E-state index contributed by atoms with van der Waals surface area (Å²) in [6.45, 7) is 0. The number of hydrogen-bond donors (Lipinski definition) is 2. The van der Waals surface area contributed by atoms with E-state index in [1.807, 2.05) is 24.3 Å². The van der Waals surface area contributed by atoms with Crippen molar-refractivity contribution >= 4 is 23.3 Å². The molecule has 0 aliphatic heterocycles. The Morgan fingerprint density at radius 1 is 1.14 bits per heavy atom. The molecule has 2 aromatic rings. The maximum Gasteiger partial charge on any atom is 0.335 e. The first-order valence-corrected chi connectivity index (χ1v) is 7.35. The molecule has 0 unspecified atom stereocenters. The van der Waals surface area contributed by atoms with Crippen molar-refractivity contribution in [3.05, 3.63) is 64.7 Å². The molecule has 2 N–H and O–H groups in total. The van der Waals surface area contributed by atoms with Gasteiger partial charge in [-0.05, 0) is 54.7 Å². The molecule has 1 fully saturated rings. The average Bonchev–Trinajstić information content (AvgIpc) is 2.42. The van der Waals surface area contributed by atoms with Crippen molar-refractivity contribution < 1.29 is 9.90 Å². The summed E-state index contributed by atoms with van der Waals surface area (Å²) in [4.78, 5) is 11.0. The maximum absolute atomic E-state index is 11.0. The van der Waals surface area contributed by atoms with Crippen LogP contribution in [-0.2, 0) is 0 Å². The van der Waals surface area contributed by atoms with Crippen molar-refractivity contribution in [3.63, 3.8) is 0 Å². The van der Waals surface area contributed by atoms with Crippen molar-refractivity contribution in [2.45, 2.75) is 24.8 Å². The van der Waals surface area contributed by atoms with Gasteiger partial charge in [0, 0.05) is 16.8 Å². The highest BCUT2D eigenvalue weighted by Gasteiger charge is 2.30. The zero-order valence-electron chi connectivity index (χ0n) is 11.4. The monoisotopic (exact) mass is 301 g/mol. The van der Waals surface area contributed by atoms with Gasteiger partial charge in [0.25, 0.3) is 0 Å². The van der Waals surface area contributed by atoms with Gasteiger partial charge in [0.2, 0.25) is 0 Å². The summed E-state index contributed by atoms with van der Waals surface area (Å²) in [7, 11) is 0. The molecule has 0 saturated heterocycles. The van der Waals surface area contributed by atoms with Crippen molar-refractivity contribution in [2.24, 2.45) is 0 Å². The molecule has 0 aromatic heterocycles. The summed E-state index contributed by atoms with van der Waals surface area (Å²) < 4.78 is 0. The lowest BCUT2D eigenvalue weighted by molar-refractivity contribution is 0.0697. The minimum atomic E-state index is -0.899. The van der Waals surface area contributed by atoms with Crippen LogP contribution in [0.15, 0.2) is 48.5 Å². The van der Waals surface area contributed by atoms with E-state index >= 15 is 0 Å². The molecule has 3 nitrogen and oxygen atoms in total. The molecule has 1 saturated carbocycles. The van der Waals surface area contributed by atoms with E-state index in [4.69, 9.17) is 16.7 Å². The molecule has 4 heteroatoms. The lowest BCUT2D eigenvalue weighted by atomic mass is 9.76. The number of benzene rings is 2. The van der Waals surface area contributed by atoms with E-state index < -0.39 is 5.97 Å². The summed E-state index contributed by atoms with van der Waals surface area (Å²) in [5.74, 6) is -0.368. The van der Waals surface area contributed by atoms with E-state index in [0.717, 1.165) is 23.6 Å². The number of rotatable bonds is 4. The third-order valence-electron chi connectivity index (χ3n) is 3.94. The summed E-state index contributed by atoms with van der Waals surface area (Å²) in [6.07, 6.45) is 2.08. The second-order valence-corrected chi connectivity index (χ2v) is 5.89. The quantitative estimate of drug-likeness (QED) is 0.880. The molecular formula is C17H16ClNO2. The molecule has 1 aliphatic rings. The van der Waals surface area contributed by atoms with Crippen LogP contribution in [0.2, 0.25) is 5.02 Å². The van der Waals surface area contributed by atoms with Crippen LogP contribution in [0.4, 0.5) is 5.69 Å². The minimum absolute atomic E-state index is 0.311. The van der Waals surface area contributed by atoms with Crippen molar-refractivity contribution in [2.75, 3.05) is 5.32 Å². The van der Waals surface area contributed by atoms with Crippen LogP contribution in [0.5, 0.6) is 0 Å². The van der Waals surface area contributed by atoms with Gasteiger partial charge in [0.1, 0.15) is 0 Å². The Morgan fingerprint density at radius 2 is 1.90 bits per heavy atom. The van der Waals surface area contributed by atoms with E-state index in [-0.39, 0.29) is 0 Å². The Kier molecular flexibility index (Phi) is 3.84. The van der Waals surface area contributed by atoms with Gasteiger partial charge >= 0.3 is 5.97 Å². The van der Waals surface area contributed by atoms with Crippen molar-refractivity contribution in [1.82, 2.24) is 0 Å². The number of carbonyl (C=O) groups is 1. The van der Waals surface area contributed by atoms with Gasteiger partial charge < -0.3 is 10.4 Å². The second-order valence-electron chi connectivity index (χ2n) is 5.45. The fourth-order valence-corrected chi connectivity index (χ4v) is 2.94. The summed E-state index contributed by atoms with van der Waals surface area (Å²) in [6, 6.07) is 15.3. The fraction of sp³-hybridized carbons (Fsp3) is 0.235. The molecule has 21 heavy (non-hydrogen) atoms. The van der Waals surface area contributed by atoms with Gasteiger partial charge in [-0.15, -0.1) is 0 Å². The first-order valence-electron chi connectivity index (χ1n) is 6.97. The van der Waals surface area contributed by atoms with E-state index in [0.29, 0.717) is 17.5 Å². The third kappa shape index (κ3) is 3.19. The van der Waals surface area contributed by atoms with Crippen LogP contribution in [0.3, 0.4) is 0 Å². The van der Waals surface area contributed by atoms with E-state index in [9.17, 15) is 4.79 Å². The van der Waals surface area contributed by atoms with Crippen LogP contribution in [0, 0.1) is 0 Å². The number of hydrogen-bond acceptors (Lipinski definition) is 2. The van der Waals surface area contributed by atoms with Crippen LogP contribution in [0.1, 0.15) is 34.7 Å². The second kappa shape index (κ2) is 5.78. The third-order valence-corrected chi connectivity index (χ3v) is 4.17. The molecule has 1 aliphatic carbocycles. The lowest BCUT2D eigenvalue weighted by Gasteiger charge is -2.37. The van der Waals surface area contributed by atoms with Gasteiger partial charge in [-0.1, -0.05) is 29.8 Å². The standard InChI is InChI=1S/C17H16ClNO2/c18-14-5-1-3-11(7-14)13-9-16(10-13)19-15-6-2-4-12(8-15)17(20)21/h1-8,13,16,19H,9-10H2,(H,20,21). The predicted octanol–water partition coefficient (Wildman–Crippen LogP) is 4.40. The topological polar surface area (TPSA) is 49.3 Å². The largest absolute Gasteiger partial charge is 0.478 e. The SMILES string of the molecule is O=C(O)c1cccc(NC2CC(c3cccc(Cl)c3)C2)c1. The molecule has 3 rings (SSSR count). The molecule has 0 atom stereocenters. The Morgan fingerprint density at radius 3 is 2.62 bits per heavy atom. The number of nitrogens with one attached hydrogen (secondary N) is 1. The molecule has 0 heterocycles. The van der Waals surface area contributed by atoms with Gasteiger partial charge in [-0.2, -0.15) is 0 Å². The van der Waals surface area contributed by atoms with Crippen molar-refractivity contribution in [3.8, 4) is 0 Å². The molecule has 0 radical (unpaired) electrons. The highest BCUT2D eigenvalue weighted by Crippen LogP contribution is 2.39. The molecule has 0 bridgehead atoms. The number of anilines is 1. The van der Waals surface area contributed by atoms with Crippen molar-refractivity contribution in [1.29, 1.82) is 0 Å².